The number of anilines is 1. The van der Waals surface area contributed by atoms with Crippen molar-refractivity contribution in [2.75, 3.05) is 12.4 Å². The summed E-state index contributed by atoms with van der Waals surface area (Å²) in [6.45, 7) is 0.391. The van der Waals surface area contributed by atoms with E-state index in [1.807, 2.05) is 18.2 Å². The summed E-state index contributed by atoms with van der Waals surface area (Å²) in [7, 11) is 1.51. The minimum Gasteiger partial charge on any atom is -0.389 e. The number of benzene rings is 2. The Balaban J connectivity index is 1.07. The van der Waals surface area contributed by atoms with Crippen LogP contribution in [-0.2, 0) is 17.8 Å². The maximum atomic E-state index is 13.7. The Morgan fingerprint density at radius 2 is 2.06 bits per heavy atom. The summed E-state index contributed by atoms with van der Waals surface area (Å²) >= 11 is 6.18. The zero-order chi connectivity index (χ0) is 35.9. The number of carbonyl (C=O) groups excluding carboxylic acids is 1. The van der Waals surface area contributed by atoms with E-state index in [2.05, 4.69) is 42.8 Å². The van der Waals surface area contributed by atoms with E-state index in [-0.39, 0.29) is 17.6 Å². The third kappa shape index (κ3) is 6.35. The van der Waals surface area contributed by atoms with Gasteiger partial charge in [-0.25, -0.2) is 19.6 Å². The first-order valence-corrected chi connectivity index (χ1v) is 16.6. The summed E-state index contributed by atoms with van der Waals surface area (Å²) in [5, 5.41) is 47.8. The highest BCUT2D eigenvalue weighted by atomic mass is 35.5. The molecule has 5 aromatic rings. The Kier molecular flexibility index (Phi) is 9.10. The van der Waals surface area contributed by atoms with Gasteiger partial charge in [-0.2, -0.15) is 4.39 Å². The average molecular weight is 715 g/mol. The number of imidazole rings is 1. The number of hydrogen-bond donors (Lipinski definition) is 4. The molecule has 262 valence electrons. The number of amides is 1. The molecule has 0 spiro atoms. The number of aliphatic hydroxyl groups excluding tert-OH is 2. The van der Waals surface area contributed by atoms with E-state index in [0.29, 0.717) is 59.2 Å². The van der Waals surface area contributed by atoms with E-state index in [9.17, 15) is 29.5 Å². The number of aryl methyl sites for hydroxylation is 1. The van der Waals surface area contributed by atoms with Crippen LogP contribution in [0.3, 0.4) is 0 Å². The minimum atomic E-state index is -1.24. The van der Waals surface area contributed by atoms with Crippen molar-refractivity contribution in [3.8, 4) is 17.5 Å². The maximum absolute atomic E-state index is 13.7. The van der Waals surface area contributed by atoms with Gasteiger partial charge in [0.25, 0.3) is 0 Å². The highest BCUT2D eigenvalue weighted by Crippen LogP contribution is 2.67. The predicted octanol–water partition coefficient (Wildman–Crippen LogP) is 3.51. The van der Waals surface area contributed by atoms with Crippen LogP contribution in [-0.4, -0.2) is 74.8 Å². The normalized spacial score (nSPS) is 21.9. The molecule has 2 aromatic carbocycles. The van der Waals surface area contributed by atoms with Crippen LogP contribution in [0.5, 0.6) is 0 Å². The monoisotopic (exact) mass is 714 g/mol. The number of rotatable bonds is 11. The van der Waals surface area contributed by atoms with E-state index >= 15 is 0 Å². The summed E-state index contributed by atoms with van der Waals surface area (Å²) in [5.74, 6) is 5.30. The number of carbonyl (C=O) groups is 1. The minimum absolute atomic E-state index is 0.232. The van der Waals surface area contributed by atoms with Crippen molar-refractivity contribution in [1.82, 2.24) is 39.8 Å². The highest BCUT2D eigenvalue weighted by molar-refractivity contribution is 6.30. The molecular weight excluding hydrogens is 683 g/mol. The quantitative estimate of drug-likeness (QED) is 0.0676. The fraction of sp³-hybridized carbons (Fsp3) is 0.353. The van der Waals surface area contributed by atoms with Crippen molar-refractivity contribution >= 4 is 40.2 Å². The summed E-state index contributed by atoms with van der Waals surface area (Å²) in [6, 6.07) is 10.3. The maximum Gasteiger partial charge on any atom is 0.306 e. The Labute approximate surface area is 295 Å². The Morgan fingerprint density at radius 3 is 2.84 bits per heavy atom. The average Bonchev–Trinajstić information content (AvgIpc) is 3.34. The molecule has 3 heterocycles. The van der Waals surface area contributed by atoms with Crippen molar-refractivity contribution in [3.63, 3.8) is 0 Å². The lowest BCUT2D eigenvalue weighted by molar-refractivity contribution is -0.387. The number of nitrogens with zero attached hydrogens (tertiary/aromatic N) is 8. The van der Waals surface area contributed by atoms with Crippen molar-refractivity contribution < 1.29 is 24.3 Å². The lowest BCUT2D eigenvalue weighted by atomic mass is 9.98. The van der Waals surface area contributed by atoms with Gasteiger partial charge in [-0.05, 0) is 61.4 Å². The van der Waals surface area contributed by atoms with Crippen molar-refractivity contribution in [1.29, 1.82) is 0 Å². The molecule has 2 aliphatic rings. The largest absolute Gasteiger partial charge is 0.389 e. The van der Waals surface area contributed by atoms with E-state index < -0.39 is 40.1 Å². The summed E-state index contributed by atoms with van der Waals surface area (Å²) in [6.07, 6.45) is 3.73. The van der Waals surface area contributed by atoms with Gasteiger partial charge in [0.1, 0.15) is 6.10 Å². The van der Waals surface area contributed by atoms with Crippen LogP contribution >= 0.6 is 11.6 Å². The number of unbranched alkanes of at least 4 members (excludes halogenated alkanes) is 2. The second-order valence-corrected chi connectivity index (χ2v) is 13.1. The fourth-order valence-corrected chi connectivity index (χ4v) is 7.13. The number of nitro groups is 1. The molecule has 51 heavy (non-hydrogen) atoms. The van der Waals surface area contributed by atoms with Gasteiger partial charge in [0, 0.05) is 37.0 Å². The molecule has 17 heteroatoms. The molecule has 1 amide bonds. The van der Waals surface area contributed by atoms with Crippen molar-refractivity contribution in [3.05, 3.63) is 93.0 Å². The fourth-order valence-electron chi connectivity index (χ4n) is 6.92. The first-order chi connectivity index (χ1) is 24.6. The molecule has 0 aliphatic heterocycles. The molecule has 2 fully saturated rings. The lowest BCUT2D eigenvalue weighted by Crippen LogP contribution is -2.41. The van der Waals surface area contributed by atoms with Crippen molar-refractivity contribution in [2.24, 2.45) is 11.3 Å². The SMILES string of the molecule is CNC(=O)[C@]12CC1[C@@H](n1cnc3c(NCc4cccc(Cl)c4)nc(C#CCCCCc4cn(-c5ccc(F)c([N+](=O)[O-])c5)nn4)nc31)[C@H](O)[C@@H]2O. The molecular formula is C34H32ClFN10O5. The van der Waals surface area contributed by atoms with Crippen LogP contribution in [0.1, 0.15) is 48.8 Å². The number of nitrogens with one attached hydrogen (secondary N) is 2. The van der Waals surface area contributed by atoms with E-state index in [4.69, 9.17) is 16.6 Å². The highest BCUT2D eigenvalue weighted by Gasteiger charge is 2.75. The predicted molar refractivity (Wildman–Crippen MR) is 182 cm³/mol. The van der Waals surface area contributed by atoms with Crippen LogP contribution in [0.15, 0.2) is 55.0 Å². The molecule has 0 saturated heterocycles. The zero-order valence-electron chi connectivity index (χ0n) is 27.2. The number of fused-ring (bicyclic) bond motifs is 2. The molecule has 2 saturated carbocycles. The number of halogens is 2. The first-order valence-electron chi connectivity index (χ1n) is 16.3. The van der Waals surface area contributed by atoms with Gasteiger partial charge in [-0.1, -0.05) is 34.9 Å². The summed E-state index contributed by atoms with van der Waals surface area (Å²) < 4.78 is 16.8. The van der Waals surface area contributed by atoms with E-state index in [0.717, 1.165) is 30.5 Å². The molecule has 3 aromatic heterocycles. The first kappa shape index (κ1) is 34.0. The third-order valence-electron chi connectivity index (χ3n) is 9.53. The van der Waals surface area contributed by atoms with Gasteiger partial charge in [-0.3, -0.25) is 14.9 Å². The molecule has 0 bridgehead atoms. The van der Waals surface area contributed by atoms with Gasteiger partial charge in [-0.15, -0.1) is 5.10 Å². The number of hydrogen-bond acceptors (Lipinski definition) is 11. The molecule has 2 aliphatic carbocycles. The zero-order valence-corrected chi connectivity index (χ0v) is 28.0. The number of nitro benzene ring substituents is 1. The van der Waals surface area contributed by atoms with Crippen molar-refractivity contribution in [2.45, 2.75) is 56.9 Å². The lowest BCUT2D eigenvalue weighted by Gasteiger charge is -2.23. The Morgan fingerprint density at radius 1 is 1.22 bits per heavy atom. The Bertz CT molecular complexity index is 2220. The second-order valence-electron chi connectivity index (χ2n) is 12.6. The third-order valence-corrected chi connectivity index (χ3v) is 9.77. The molecule has 15 nitrogen and oxygen atoms in total. The summed E-state index contributed by atoms with van der Waals surface area (Å²) in [5.41, 5.74) is 1.08. The molecule has 0 radical (unpaired) electrons. The topological polar surface area (TPSA) is 199 Å². The van der Waals surface area contributed by atoms with Gasteiger partial charge < -0.3 is 25.4 Å². The Hall–Kier alpha value is -5.50. The smallest absolute Gasteiger partial charge is 0.306 e. The van der Waals surface area contributed by atoms with Crippen LogP contribution in [0, 0.1) is 39.1 Å². The van der Waals surface area contributed by atoms with E-state index in [1.54, 1.807) is 23.2 Å². The van der Waals surface area contributed by atoms with Crippen LogP contribution < -0.4 is 10.6 Å². The number of aliphatic hydroxyl groups is 2. The molecule has 5 atom stereocenters. The van der Waals surface area contributed by atoms with Gasteiger partial charge in [0.2, 0.25) is 17.5 Å². The van der Waals surface area contributed by atoms with Gasteiger partial charge >= 0.3 is 5.69 Å². The van der Waals surface area contributed by atoms with Crippen LogP contribution in [0.4, 0.5) is 15.9 Å². The van der Waals surface area contributed by atoms with Crippen LogP contribution in [0.2, 0.25) is 5.02 Å². The molecule has 4 N–H and O–H groups in total. The standard InChI is InChI=1S/C34H32ClFN10O5/c1-37-33(49)34-15-23(34)28(29(47)30(34)48)44-18-39-27-31(38-16-19-7-6-8-20(35)13-19)40-26(41-32(27)44)10-5-3-2-4-9-21-17-45(43-42-21)22-11-12-24(36)25(14-22)46(50)51/h6-8,11-14,17-18,23,28-30,47-48H,2-4,9,15-16H2,1H3,(H,37,49)(H,38,40,41)/t23?,28-,29+,30+,34-/m1/s1. The van der Waals surface area contributed by atoms with E-state index in [1.165, 1.54) is 17.8 Å². The van der Waals surface area contributed by atoms with Gasteiger partial charge in [0.05, 0.1) is 46.4 Å². The molecule has 1 unspecified atom stereocenters. The number of aromatic nitrogens is 7. The van der Waals surface area contributed by atoms with Crippen LogP contribution in [0.25, 0.3) is 16.9 Å². The van der Waals surface area contributed by atoms with Gasteiger partial charge in [0.15, 0.2) is 17.0 Å². The summed E-state index contributed by atoms with van der Waals surface area (Å²) in [4.78, 5) is 37.0. The molecule has 7 rings (SSSR count). The second kappa shape index (κ2) is 13.7.